The Hall–Kier alpha value is -0.840. The average molecular weight is 228 g/mol. The van der Waals surface area contributed by atoms with Gasteiger partial charge in [-0.1, -0.05) is 11.6 Å². The Balaban J connectivity index is 2.18. The topological polar surface area (TPSA) is 43.8 Å². The molecular formula is C9H10ClN3S. The van der Waals surface area contributed by atoms with Crippen LogP contribution in [0.3, 0.4) is 0 Å². The van der Waals surface area contributed by atoms with Gasteiger partial charge in [-0.3, -0.25) is 0 Å². The van der Waals surface area contributed by atoms with E-state index in [1.807, 2.05) is 16.7 Å². The van der Waals surface area contributed by atoms with Gasteiger partial charge in [0.15, 0.2) is 0 Å². The number of rotatable bonds is 3. The first-order valence-corrected chi connectivity index (χ1v) is 5.42. The van der Waals surface area contributed by atoms with Crippen molar-refractivity contribution in [3.8, 4) is 0 Å². The van der Waals surface area contributed by atoms with Gasteiger partial charge in [0.05, 0.1) is 22.9 Å². The molecule has 0 spiro atoms. The average Bonchev–Trinajstić information content (AvgIpc) is 2.76. The molecule has 0 amide bonds. The van der Waals surface area contributed by atoms with Crippen molar-refractivity contribution >= 4 is 22.9 Å². The van der Waals surface area contributed by atoms with E-state index in [0.29, 0.717) is 6.54 Å². The Labute approximate surface area is 91.1 Å². The van der Waals surface area contributed by atoms with Crippen LogP contribution in [0.5, 0.6) is 0 Å². The van der Waals surface area contributed by atoms with Gasteiger partial charge in [-0.25, -0.2) is 4.98 Å². The van der Waals surface area contributed by atoms with E-state index in [4.69, 9.17) is 17.3 Å². The predicted octanol–water partition coefficient (Wildman–Crippen LogP) is 2.10. The Bertz CT molecular complexity index is 421. The van der Waals surface area contributed by atoms with Crippen molar-refractivity contribution in [2.75, 3.05) is 0 Å². The first kappa shape index (κ1) is 9.71. The Morgan fingerprint density at radius 3 is 3.00 bits per heavy atom. The third kappa shape index (κ3) is 1.97. The molecule has 2 aromatic rings. The molecule has 0 saturated heterocycles. The monoisotopic (exact) mass is 227 g/mol. The number of nitrogens with two attached hydrogens (primary N) is 1. The number of imidazole rings is 1. The summed E-state index contributed by atoms with van der Waals surface area (Å²) in [4.78, 5) is 5.26. The molecule has 2 N–H and O–H groups in total. The highest BCUT2D eigenvalue weighted by atomic mass is 35.5. The maximum atomic E-state index is 5.84. The van der Waals surface area contributed by atoms with E-state index in [9.17, 15) is 0 Å². The van der Waals surface area contributed by atoms with Crippen molar-refractivity contribution < 1.29 is 0 Å². The van der Waals surface area contributed by atoms with E-state index in [0.717, 1.165) is 16.6 Å². The zero-order chi connectivity index (χ0) is 9.97. The van der Waals surface area contributed by atoms with Crippen LogP contribution in [-0.2, 0) is 13.1 Å². The number of halogens is 1. The molecule has 5 heteroatoms. The second kappa shape index (κ2) is 4.13. The molecule has 2 heterocycles. The summed E-state index contributed by atoms with van der Waals surface area (Å²) < 4.78 is 2.84. The Kier molecular flexibility index (Phi) is 2.86. The molecule has 0 aromatic carbocycles. The van der Waals surface area contributed by atoms with Crippen LogP contribution in [0.1, 0.15) is 10.6 Å². The summed E-state index contributed by atoms with van der Waals surface area (Å²) in [5, 5.41) is 0. The Morgan fingerprint density at radius 2 is 2.36 bits per heavy atom. The molecule has 0 aliphatic heterocycles. The molecule has 3 nitrogen and oxygen atoms in total. The van der Waals surface area contributed by atoms with Crippen LogP contribution in [0.2, 0.25) is 4.34 Å². The van der Waals surface area contributed by atoms with Gasteiger partial charge in [-0.05, 0) is 12.1 Å². The van der Waals surface area contributed by atoms with E-state index in [1.54, 1.807) is 23.9 Å². The van der Waals surface area contributed by atoms with Crippen molar-refractivity contribution in [3.05, 3.63) is 39.6 Å². The summed E-state index contributed by atoms with van der Waals surface area (Å²) in [6.45, 7) is 1.31. The zero-order valence-corrected chi connectivity index (χ0v) is 9.05. The normalized spacial score (nSPS) is 10.7. The van der Waals surface area contributed by atoms with Crippen molar-refractivity contribution in [2.45, 2.75) is 13.1 Å². The first-order chi connectivity index (χ1) is 6.79. The van der Waals surface area contributed by atoms with Gasteiger partial charge in [0.25, 0.3) is 0 Å². The molecule has 0 aliphatic carbocycles. The van der Waals surface area contributed by atoms with E-state index >= 15 is 0 Å². The number of hydrogen-bond acceptors (Lipinski definition) is 3. The lowest BCUT2D eigenvalue weighted by Crippen LogP contribution is -2.06. The third-order valence-corrected chi connectivity index (χ3v) is 3.18. The minimum atomic E-state index is 0.513. The van der Waals surface area contributed by atoms with E-state index in [1.165, 1.54) is 4.88 Å². The van der Waals surface area contributed by atoms with Gasteiger partial charge in [0.2, 0.25) is 0 Å². The summed E-state index contributed by atoms with van der Waals surface area (Å²) >= 11 is 7.42. The molecular weight excluding hydrogens is 218 g/mol. The SMILES string of the molecule is NCc1cncn1Cc1ccc(Cl)s1. The fourth-order valence-corrected chi connectivity index (χ4v) is 2.35. The quantitative estimate of drug-likeness (QED) is 0.873. The van der Waals surface area contributed by atoms with Crippen LogP contribution in [0.15, 0.2) is 24.7 Å². The molecule has 2 rings (SSSR count). The van der Waals surface area contributed by atoms with Crippen LogP contribution in [0.4, 0.5) is 0 Å². The van der Waals surface area contributed by atoms with Gasteiger partial charge in [-0.15, -0.1) is 11.3 Å². The van der Waals surface area contributed by atoms with Gasteiger partial charge in [-0.2, -0.15) is 0 Å². The predicted molar refractivity (Wildman–Crippen MR) is 58.5 cm³/mol. The molecule has 0 radical (unpaired) electrons. The zero-order valence-electron chi connectivity index (χ0n) is 7.48. The molecule has 0 saturated carbocycles. The summed E-state index contributed by atoms with van der Waals surface area (Å²) in [7, 11) is 0. The van der Waals surface area contributed by atoms with Crippen LogP contribution < -0.4 is 5.73 Å². The lowest BCUT2D eigenvalue weighted by molar-refractivity contribution is 0.749. The largest absolute Gasteiger partial charge is 0.328 e. The van der Waals surface area contributed by atoms with E-state index < -0.39 is 0 Å². The van der Waals surface area contributed by atoms with E-state index in [2.05, 4.69) is 4.98 Å². The lowest BCUT2D eigenvalue weighted by atomic mass is 10.4. The highest BCUT2D eigenvalue weighted by Crippen LogP contribution is 2.22. The van der Waals surface area contributed by atoms with Gasteiger partial charge < -0.3 is 10.3 Å². The summed E-state index contributed by atoms with van der Waals surface area (Å²) in [5.74, 6) is 0. The van der Waals surface area contributed by atoms with Crippen molar-refractivity contribution in [1.82, 2.24) is 9.55 Å². The molecule has 14 heavy (non-hydrogen) atoms. The number of thiophene rings is 1. The molecule has 74 valence electrons. The smallest absolute Gasteiger partial charge is 0.0952 e. The van der Waals surface area contributed by atoms with Crippen molar-refractivity contribution in [1.29, 1.82) is 0 Å². The summed E-state index contributed by atoms with van der Waals surface area (Å²) in [6, 6.07) is 3.92. The fourth-order valence-electron chi connectivity index (χ4n) is 1.27. The molecule has 0 unspecified atom stereocenters. The molecule has 2 aromatic heterocycles. The molecule has 0 bridgehead atoms. The van der Waals surface area contributed by atoms with Gasteiger partial charge >= 0.3 is 0 Å². The standard InChI is InChI=1S/C9H10ClN3S/c10-9-2-1-8(14-9)5-13-6-12-4-7(13)3-11/h1-2,4,6H,3,5,11H2. The number of nitrogens with zero attached hydrogens (tertiary/aromatic N) is 2. The Morgan fingerprint density at radius 1 is 1.50 bits per heavy atom. The maximum absolute atomic E-state index is 5.84. The molecule has 0 aliphatic rings. The molecule has 0 atom stereocenters. The second-order valence-electron chi connectivity index (χ2n) is 2.92. The number of aromatic nitrogens is 2. The van der Waals surface area contributed by atoms with Crippen LogP contribution in [0, 0.1) is 0 Å². The van der Waals surface area contributed by atoms with Crippen LogP contribution in [-0.4, -0.2) is 9.55 Å². The highest BCUT2D eigenvalue weighted by Gasteiger charge is 2.02. The van der Waals surface area contributed by atoms with Crippen LogP contribution in [0.25, 0.3) is 0 Å². The minimum absolute atomic E-state index is 0.513. The van der Waals surface area contributed by atoms with Gasteiger partial charge in [0.1, 0.15) is 0 Å². The third-order valence-electron chi connectivity index (χ3n) is 1.96. The van der Waals surface area contributed by atoms with Crippen molar-refractivity contribution in [3.63, 3.8) is 0 Å². The molecule has 0 fully saturated rings. The van der Waals surface area contributed by atoms with Crippen molar-refractivity contribution in [2.24, 2.45) is 5.73 Å². The number of hydrogen-bond donors (Lipinski definition) is 1. The fraction of sp³-hybridized carbons (Fsp3) is 0.222. The summed E-state index contributed by atoms with van der Waals surface area (Å²) in [5.41, 5.74) is 6.61. The second-order valence-corrected chi connectivity index (χ2v) is 4.72. The maximum Gasteiger partial charge on any atom is 0.0952 e. The lowest BCUT2D eigenvalue weighted by Gasteiger charge is -2.03. The highest BCUT2D eigenvalue weighted by molar-refractivity contribution is 7.16. The van der Waals surface area contributed by atoms with E-state index in [-0.39, 0.29) is 0 Å². The summed E-state index contributed by atoms with van der Waals surface area (Å²) in [6.07, 6.45) is 3.57. The first-order valence-electron chi connectivity index (χ1n) is 4.23. The van der Waals surface area contributed by atoms with Gasteiger partial charge in [0, 0.05) is 17.6 Å². The van der Waals surface area contributed by atoms with Crippen LogP contribution >= 0.6 is 22.9 Å². The minimum Gasteiger partial charge on any atom is -0.328 e.